The number of pyridine rings is 1. The number of anilines is 4. The van der Waals surface area contributed by atoms with Crippen LogP contribution in [-0.2, 0) is 5.41 Å². The van der Waals surface area contributed by atoms with Crippen LogP contribution in [0.1, 0.15) is 49.8 Å². The van der Waals surface area contributed by atoms with Crippen LogP contribution in [0.4, 0.5) is 22.7 Å². The summed E-state index contributed by atoms with van der Waals surface area (Å²) >= 11 is 0. The van der Waals surface area contributed by atoms with Crippen molar-refractivity contribution in [3.05, 3.63) is 181 Å². The first-order valence-electron chi connectivity index (χ1n) is 20.8. The number of fused-ring (bicyclic) bond motifs is 1. The number of allylic oxidation sites excluding steroid dienone is 1. The molecule has 2 aliphatic heterocycles. The summed E-state index contributed by atoms with van der Waals surface area (Å²) in [5.74, 6) is 3.05. The molecule has 3 aliphatic rings. The van der Waals surface area contributed by atoms with E-state index in [-0.39, 0.29) is 5.41 Å². The summed E-state index contributed by atoms with van der Waals surface area (Å²) in [6.07, 6.45) is 7.66. The number of ether oxygens (including phenoxy) is 1. The fourth-order valence-corrected chi connectivity index (χ4v) is 9.81. The smallest absolute Gasteiger partial charge is 0.181 e. The number of benzene rings is 6. The van der Waals surface area contributed by atoms with Gasteiger partial charge in [0.15, 0.2) is 6.71 Å². The van der Waals surface area contributed by atoms with Crippen molar-refractivity contribution >= 4 is 51.9 Å². The maximum absolute atomic E-state index is 6.93. The zero-order chi connectivity index (χ0) is 39.8. The Balaban J connectivity index is 0.991. The third kappa shape index (κ3) is 5.80. The molecule has 0 saturated carbocycles. The average Bonchev–Trinajstić information content (AvgIpc) is 3.92. The van der Waals surface area contributed by atoms with Gasteiger partial charge in [0.2, 0.25) is 0 Å². The first-order valence-corrected chi connectivity index (χ1v) is 20.8. The molecule has 0 N–H and O–H groups in total. The van der Waals surface area contributed by atoms with E-state index in [1.165, 1.54) is 61.3 Å². The highest BCUT2D eigenvalue weighted by Gasteiger charge is 2.40. The normalized spacial score (nSPS) is 15.3. The third-order valence-electron chi connectivity index (χ3n) is 12.7. The summed E-state index contributed by atoms with van der Waals surface area (Å²) in [5.41, 5.74) is 15.9. The van der Waals surface area contributed by atoms with Crippen LogP contribution in [0.5, 0.6) is 11.5 Å². The summed E-state index contributed by atoms with van der Waals surface area (Å²) in [6, 6.07) is 54.4. The van der Waals surface area contributed by atoms with Gasteiger partial charge in [-0.2, -0.15) is 0 Å². The quantitative estimate of drug-likeness (QED) is 0.151. The fraction of sp³-hybridized carbons (Fsp3) is 0.151. The molecule has 59 heavy (non-hydrogen) atoms. The topological polar surface area (TPSA) is 33.5 Å². The molecule has 2 aromatic heterocycles. The third-order valence-corrected chi connectivity index (χ3v) is 12.7. The van der Waals surface area contributed by atoms with Crippen molar-refractivity contribution in [3.63, 3.8) is 0 Å². The number of hydrogen-bond donors (Lipinski definition) is 0. The molecule has 0 bridgehead atoms. The van der Waals surface area contributed by atoms with Gasteiger partial charge in [-0.1, -0.05) is 136 Å². The van der Waals surface area contributed by atoms with Crippen LogP contribution in [-0.4, -0.2) is 22.9 Å². The zero-order valence-corrected chi connectivity index (χ0v) is 33.9. The van der Waals surface area contributed by atoms with Crippen LogP contribution in [0.2, 0.25) is 6.82 Å². The molecule has 11 rings (SSSR count). The van der Waals surface area contributed by atoms with E-state index in [4.69, 9.17) is 9.72 Å². The first kappa shape index (κ1) is 35.4. The number of para-hydroxylation sites is 3. The Hall–Kier alpha value is -6.79. The van der Waals surface area contributed by atoms with Crippen molar-refractivity contribution in [1.29, 1.82) is 0 Å². The van der Waals surface area contributed by atoms with Gasteiger partial charge in [0, 0.05) is 35.1 Å². The van der Waals surface area contributed by atoms with E-state index < -0.39 is 0 Å². The monoisotopic (exact) mass is 764 g/mol. The summed E-state index contributed by atoms with van der Waals surface area (Å²) in [6.45, 7) is 10.2. The number of nitrogens with zero attached hydrogens (tertiary/aromatic N) is 4. The highest BCUT2D eigenvalue weighted by molar-refractivity contribution is 6.78. The lowest BCUT2D eigenvalue weighted by molar-refractivity contribution is 0.483. The van der Waals surface area contributed by atoms with Gasteiger partial charge >= 0.3 is 0 Å². The maximum atomic E-state index is 6.93. The Morgan fingerprint density at radius 3 is 2.07 bits per heavy atom. The molecule has 4 heterocycles. The molecule has 0 radical (unpaired) electrons. The van der Waals surface area contributed by atoms with Crippen LogP contribution in [0.25, 0.3) is 45.1 Å². The van der Waals surface area contributed by atoms with E-state index in [2.05, 4.69) is 206 Å². The van der Waals surface area contributed by atoms with Crippen molar-refractivity contribution in [1.82, 2.24) is 9.55 Å². The van der Waals surface area contributed by atoms with E-state index >= 15 is 0 Å². The fourth-order valence-electron chi connectivity index (χ4n) is 9.81. The Labute approximate surface area is 346 Å². The Morgan fingerprint density at radius 1 is 0.678 bits per heavy atom. The molecule has 0 amide bonds. The summed E-state index contributed by atoms with van der Waals surface area (Å²) < 4.78 is 9.30. The molecule has 5 nitrogen and oxygen atoms in total. The second-order valence-corrected chi connectivity index (χ2v) is 17.2. The standard InChI is InChI=1S/C53H45BN4O/c1-53(2,3)37-28-29-55-49(30-37)58-47-27-15-24-43-50(47)51-44(54(43)4)32-40(33-48(51)58)59-39-21-13-20-38(31-39)56-34-57(46-26-12-11-25-45(46)56)52-41(35-16-7-5-8-17-35)22-14-23-42(52)36-18-9-6-10-19-36/h5-23,25-33,43H,24,34H2,1-4H3. The minimum Gasteiger partial charge on any atom is -0.457 e. The van der Waals surface area contributed by atoms with Crippen molar-refractivity contribution in [2.45, 2.75) is 45.2 Å². The molecule has 286 valence electrons. The zero-order valence-electron chi connectivity index (χ0n) is 33.9. The van der Waals surface area contributed by atoms with E-state index in [0.717, 1.165) is 40.6 Å². The Kier molecular flexibility index (Phi) is 8.19. The van der Waals surface area contributed by atoms with Gasteiger partial charge in [0.1, 0.15) is 24.0 Å². The number of aromatic nitrogens is 2. The first-order chi connectivity index (χ1) is 28.8. The van der Waals surface area contributed by atoms with Crippen molar-refractivity contribution < 1.29 is 4.74 Å². The molecule has 1 aliphatic carbocycles. The molecule has 0 saturated heterocycles. The maximum Gasteiger partial charge on any atom is 0.181 e. The molecule has 0 spiro atoms. The molecular formula is C53H45BN4O. The van der Waals surface area contributed by atoms with Crippen LogP contribution >= 0.6 is 0 Å². The van der Waals surface area contributed by atoms with Gasteiger partial charge in [0.25, 0.3) is 0 Å². The van der Waals surface area contributed by atoms with Gasteiger partial charge in [0.05, 0.1) is 28.3 Å². The van der Waals surface area contributed by atoms with Gasteiger partial charge < -0.3 is 14.5 Å². The molecule has 8 aromatic rings. The number of hydrogen-bond acceptors (Lipinski definition) is 4. The van der Waals surface area contributed by atoms with Crippen LogP contribution in [0.3, 0.4) is 0 Å². The van der Waals surface area contributed by atoms with Gasteiger partial charge in [-0.05, 0) is 93.8 Å². The lowest BCUT2D eigenvalue weighted by Gasteiger charge is -2.27. The van der Waals surface area contributed by atoms with Crippen molar-refractivity contribution in [3.8, 4) is 39.6 Å². The Bertz CT molecular complexity index is 2890. The minimum atomic E-state index is 0.0114. The molecule has 1 atom stereocenters. The SMILES string of the molecule is CB1c2cc(Oc3cccc(N4CN(c5c(-c6ccccc6)cccc5-c5ccccc5)c5ccccc54)c3)cc3c2c2c(n3-c3cc(C(C)(C)C)ccn3)C=CCC12. The van der Waals surface area contributed by atoms with Crippen LogP contribution in [0, 0.1) is 0 Å². The molecular weight excluding hydrogens is 719 g/mol. The van der Waals surface area contributed by atoms with E-state index in [0.29, 0.717) is 19.2 Å². The summed E-state index contributed by atoms with van der Waals surface area (Å²) in [7, 11) is 0. The second-order valence-electron chi connectivity index (χ2n) is 17.2. The molecule has 0 fully saturated rings. The lowest BCUT2D eigenvalue weighted by atomic mass is 9.40. The van der Waals surface area contributed by atoms with Crippen LogP contribution < -0.4 is 20.0 Å². The van der Waals surface area contributed by atoms with E-state index in [1.807, 2.05) is 6.20 Å². The lowest BCUT2D eigenvalue weighted by Crippen LogP contribution is -2.29. The molecule has 6 aromatic carbocycles. The highest BCUT2D eigenvalue weighted by Crippen LogP contribution is 2.51. The van der Waals surface area contributed by atoms with Gasteiger partial charge in [-0.3, -0.25) is 4.57 Å². The number of rotatable bonds is 7. The summed E-state index contributed by atoms with van der Waals surface area (Å²) in [4.78, 5) is 9.84. The van der Waals surface area contributed by atoms with Crippen LogP contribution in [0.15, 0.2) is 164 Å². The van der Waals surface area contributed by atoms with Crippen molar-refractivity contribution in [2.75, 3.05) is 16.5 Å². The van der Waals surface area contributed by atoms with Gasteiger partial charge in [-0.15, -0.1) is 0 Å². The highest BCUT2D eigenvalue weighted by atomic mass is 16.5. The predicted molar refractivity (Wildman–Crippen MR) is 247 cm³/mol. The van der Waals surface area contributed by atoms with E-state index in [1.54, 1.807) is 0 Å². The van der Waals surface area contributed by atoms with Gasteiger partial charge in [-0.25, -0.2) is 4.98 Å². The minimum absolute atomic E-state index is 0.0114. The molecule has 1 unspecified atom stereocenters. The largest absolute Gasteiger partial charge is 0.457 e. The second kappa shape index (κ2) is 13.7. The van der Waals surface area contributed by atoms with E-state index in [9.17, 15) is 0 Å². The predicted octanol–water partition coefficient (Wildman–Crippen LogP) is 13.1. The Morgan fingerprint density at radius 2 is 1.36 bits per heavy atom. The van der Waals surface area contributed by atoms with Crippen molar-refractivity contribution in [2.24, 2.45) is 0 Å². The molecule has 6 heteroatoms. The average molecular weight is 765 g/mol. The summed E-state index contributed by atoms with van der Waals surface area (Å²) in [5, 5.41) is 1.37.